The summed E-state index contributed by atoms with van der Waals surface area (Å²) in [7, 11) is 1.64. The zero-order valence-electron chi connectivity index (χ0n) is 15.0. The maximum Gasteiger partial charge on any atom is 0.325 e. The van der Waals surface area contributed by atoms with Gasteiger partial charge in [0.2, 0.25) is 0 Å². The Balaban J connectivity index is 1.54. The van der Waals surface area contributed by atoms with Gasteiger partial charge in [-0.25, -0.2) is 4.79 Å². The molecular weight excluding hydrogens is 380 g/mol. The van der Waals surface area contributed by atoms with E-state index in [1.54, 1.807) is 13.2 Å². The fraction of sp³-hybridized carbons (Fsp3) is 0.200. The number of benzene rings is 1. The molecule has 8 heteroatoms. The first kappa shape index (κ1) is 18.2. The van der Waals surface area contributed by atoms with Crippen LogP contribution >= 0.6 is 11.6 Å². The van der Waals surface area contributed by atoms with E-state index in [1.807, 2.05) is 24.3 Å². The quantitative estimate of drug-likeness (QED) is 0.690. The second kappa shape index (κ2) is 7.44. The lowest BCUT2D eigenvalue weighted by molar-refractivity contribution is 0.415. The fourth-order valence-electron chi connectivity index (χ4n) is 3.12. The number of allylic oxidation sites excluding steroid dienone is 1. The standard InChI is InChI=1S/C20H17ClN4O3/c1-28-13-6-3-11(4-7-13)2-5-12-8-14(12)15-9-17(24-25-18(15)21)16-10-22-20(27)23-19(16)26/h2-7,9-10,12,14H,8H2,1H3,(H2,22,23,26,27)/b5-2+/t12-,14-/m0/s1. The van der Waals surface area contributed by atoms with Crippen molar-refractivity contribution in [3.05, 3.63) is 79.7 Å². The molecule has 0 radical (unpaired) electrons. The summed E-state index contributed by atoms with van der Waals surface area (Å²) in [5.74, 6) is 1.38. The van der Waals surface area contributed by atoms with E-state index in [1.165, 1.54) is 6.20 Å². The summed E-state index contributed by atoms with van der Waals surface area (Å²) < 4.78 is 5.16. The monoisotopic (exact) mass is 396 g/mol. The van der Waals surface area contributed by atoms with E-state index in [0.29, 0.717) is 16.8 Å². The highest BCUT2D eigenvalue weighted by Crippen LogP contribution is 2.50. The number of hydrogen-bond acceptors (Lipinski definition) is 5. The predicted molar refractivity (Wildman–Crippen MR) is 107 cm³/mol. The number of hydrogen-bond donors (Lipinski definition) is 2. The van der Waals surface area contributed by atoms with E-state index in [9.17, 15) is 9.59 Å². The number of methoxy groups -OCH3 is 1. The summed E-state index contributed by atoms with van der Waals surface area (Å²) in [6.45, 7) is 0. The fourth-order valence-corrected chi connectivity index (χ4v) is 3.35. The second-order valence-electron chi connectivity index (χ2n) is 6.60. The van der Waals surface area contributed by atoms with Gasteiger partial charge in [-0.1, -0.05) is 35.9 Å². The van der Waals surface area contributed by atoms with Crippen LogP contribution in [0.15, 0.2) is 52.2 Å². The largest absolute Gasteiger partial charge is 0.497 e. The maximum atomic E-state index is 12.0. The molecule has 1 aliphatic rings. The van der Waals surface area contributed by atoms with Crippen molar-refractivity contribution in [2.24, 2.45) is 5.92 Å². The zero-order valence-corrected chi connectivity index (χ0v) is 15.7. The second-order valence-corrected chi connectivity index (χ2v) is 6.96. The Labute approximate surface area is 165 Å². The summed E-state index contributed by atoms with van der Waals surface area (Å²) >= 11 is 6.24. The van der Waals surface area contributed by atoms with Crippen LogP contribution < -0.4 is 16.0 Å². The number of halogens is 1. The minimum atomic E-state index is -0.568. The van der Waals surface area contributed by atoms with Crippen LogP contribution in [0.5, 0.6) is 5.75 Å². The number of nitrogens with zero attached hydrogens (tertiary/aromatic N) is 2. The summed E-state index contributed by atoms with van der Waals surface area (Å²) in [6.07, 6.45) is 6.49. The summed E-state index contributed by atoms with van der Waals surface area (Å²) in [4.78, 5) is 27.8. The van der Waals surface area contributed by atoms with Crippen LogP contribution in [0.25, 0.3) is 17.3 Å². The normalized spacial score (nSPS) is 18.4. The van der Waals surface area contributed by atoms with Gasteiger partial charge in [0.15, 0.2) is 5.15 Å². The molecule has 2 atom stereocenters. The van der Waals surface area contributed by atoms with Crippen LogP contribution in [0, 0.1) is 5.92 Å². The van der Waals surface area contributed by atoms with E-state index >= 15 is 0 Å². The van der Waals surface area contributed by atoms with Crippen molar-refractivity contribution in [3.63, 3.8) is 0 Å². The molecule has 1 aromatic carbocycles. The van der Waals surface area contributed by atoms with Crippen LogP contribution in [-0.4, -0.2) is 27.3 Å². The molecule has 2 aromatic heterocycles. The summed E-state index contributed by atoms with van der Waals surface area (Å²) in [6, 6.07) is 9.59. The summed E-state index contributed by atoms with van der Waals surface area (Å²) in [5.41, 5.74) is 1.48. The van der Waals surface area contributed by atoms with Gasteiger partial charge in [0.05, 0.1) is 12.7 Å². The number of aromatic nitrogens is 4. The molecule has 1 saturated carbocycles. The van der Waals surface area contributed by atoms with Crippen molar-refractivity contribution >= 4 is 17.7 Å². The number of rotatable bonds is 5. The third-order valence-electron chi connectivity index (χ3n) is 4.76. The minimum Gasteiger partial charge on any atom is -0.497 e. The Kier molecular flexibility index (Phi) is 4.83. The first-order valence-electron chi connectivity index (χ1n) is 8.73. The highest BCUT2D eigenvalue weighted by molar-refractivity contribution is 6.30. The molecule has 2 heterocycles. The van der Waals surface area contributed by atoms with Gasteiger partial charge in [-0.05, 0) is 47.6 Å². The smallest absolute Gasteiger partial charge is 0.325 e. The number of nitrogens with one attached hydrogen (secondary N) is 2. The van der Waals surface area contributed by atoms with Gasteiger partial charge in [0.1, 0.15) is 11.4 Å². The lowest BCUT2D eigenvalue weighted by Gasteiger charge is -2.04. The molecule has 1 aliphatic carbocycles. The van der Waals surface area contributed by atoms with Crippen LogP contribution in [0.3, 0.4) is 0 Å². The van der Waals surface area contributed by atoms with Crippen LogP contribution in [-0.2, 0) is 0 Å². The molecule has 0 aliphatic heterocycles. The first-order valence-corrected chi connectivity index (χ1v) is 9.10. The Hall–Kier alpha value is -3.19. The Morgan fingerprint density at radius 2 is 2.00 bits per heavy atom. The van der Waals surface area contributed by atoms with Gasteiger partial charge in [0.25, 0.3) is 5.56 Å². The van der Waals surface area contributed by atoms with Crippen molar-refractivity contribution in [2.45, 2.75) is 12.3 Å². The minimum absolute atomic E-state index is 0.220. The lowest BCUT2D eigenvalue weighted by Crippen LogP contribution is -2.23. The van der Waals surface area contributed by atoms with Gasteiger partial charge in [-0.2, -0.15) is 0 Å². The van der Waals surface area contributed by atoms with E-state index in [-0.39, 0.29) is 11.5 Å². The molecular formula is C20H17ClN4O3. The predicted octanol–water partition coefficient (Wildman–Crippen LogP) is 3.00. The Morgan fingerprint density at radius 1 is 1.21 bits per heavy atom. The Morgan fingerprint density at radius 3 is 2.71 bits per heavy atom. The van der Waals surface area contributed by atoms with Crippen molar-refractivity contribution in [1.29, 1.82) is 0 Å². The molecule has 1 fully saturated rings. The molecule has 0 bridgehead atoms. The average Bonchev–Trinajstić information content (AvgIpc) is 3.47. The maximum absolute atomic E-state index is 12.0. The SMILES string of the molecule is COc1ccc(/C=C/[C@H]2C[C@@H]2c2cc(-c3c[nH]c(=O)[nH]c3=O)nnc2Cl)cc1. The zero-order chi connectivity index (χ0) is 19.7. The van der Waals surface area contributed by atoms with Gasteiger partial charge >= 0.3 is 5.69 Å². The number of H-pyrrole nitrogens is 2. The number of ether oxygens (including phenoxy) is 1. The third kappa shape index (κ3) is 3.75. The molecule has 0 spiro atoms. The van der Waals surface area contributed by atoms with Crippen LogP contribution in [0.1, 0.15) is 23.5 Å². The van der Waals surface area contributed by atoms with Crippen LogP contribution in [0.4, 0.5) is 0 Å². The molecule has 0 unspecified atom stereocenters. The molecule has 142 valence electrons. The van der Waals surface area contributed by atoms with Crippen molar-refractivity contribution < 1.29 is 4.74 Å². The van der Waals surface area contributed by atoms with Crippen molar-refractivity contribution in [2.75, 3.05) is 7.11 Å². The third-order valence-corrected chi connectivity index (χ3v) is 5.06. The molecule has 28 heavy (non-hydrogen) atoms. The lowest BCUT2D eigenvalue weighted by atomic mass is 10.1. The van der Waals surface area contributed by atoms with E-state index in [4.69, 9.17) is 16.3 Å². The average molecular weight is 397 g/mol. The highest BCUT2D eigenvalue weighted by atomic mass is 35.5. The molecule has 4 rings (SSSR count). The van der Waals surface area contributed by atoms with Gasteiger partial charge in [0, 0.05) is 6.20 Å². The molecule has 0 saturated heterocycles. The van der Waals surface area contributed by atoms with Gasteiger partial charge in [-0.15, -0.1) is 10.2 Å². The molecule has 3 aromatic rings. The first-order chi connectivity index (χ1) is 13.5. The molecule has 0 amide bonds. The highest BCUT2D eigenvalue weighted by Gasteiger charge is 2.38. The van der Waals surface area contributed by atoms with Crippen molar-refractivity contribution in [1.82, 2.24) is 20.2 Å². The van der Waals surface area contributed by atoms with Crippen LogP contribution in [0.2, 0.25) is 5.15 Å². The van der Waals surface area contributed by atoms with Gasteiger partial charge < -0.3 is 9.72 Å². The van der Waals surface area contributed by atoms with E-state index in [2.05, 4.69) is 32.3 Å². The summed E-state index contributed by atoms with van der Waals surface area (Å²) in [5, 5.41) is 8.30. The Bertz CT molecular complexity index is 1150. The molecule has 2 N–H and O–H groups in total. The molecule has 7 nitrogen and oxygen atoms in total. The number of aromatic amines is 2. The topological polar surface area (TPSA) is 101 Å². The van der Waals surface area contributed by atoms with Crippen molar-refractivity contribution in [3.8, 4) is 17.0 Å². The van der Waals surface area contributed by atoms with E-state index < -0.39 is 11.2 Å². The van der Waals surface area contributed by atoms with E-state index in [0.717, 1.165) is 23.3 Å². The van der Waals surface area contributed by atoms with Gasteiger partial charge in [-0.3, -0.25) is 9.78 Å².